The Hall–Kier alpha value is -3.04. The van der Waals surface area contributed by atoms with E-state index < -0.39 is 23.8 Å². The van der Waals surface area contributed by atoms with Crippen LogP contribution in [0.4, 0.5) is 15.0 Å². The summed E-state index contributed by atoms with van der Waals surface area (Å²) in [6.45, 7) is 12.2. The summed E-state index contributed by atoms with van der Waals surface area (Å²) in [5.74, 6) is -0.310. The van der Waals surface area contributed by atoms with Gasteiger partial charge in [0.05, 0.1) is 12.1 Å². The van der Waals surface area contributed by atoms with E-state index in [9.17, 15) is 14.0 Å². The van der Waals surface area contributed by atoms with Gasteiger partial charge in [0.1, 0.15) is 29.1 Å². The van der Waals surface area contributed by atoms with Gasteiger partial charge in [0, 0.05) is 12.2 Å². The molecule has 1 saturated heterocycles. The van der Waals surface area contributed by atoms with E-state index in [1.165, 1.54) is 17.6 Å². The van der Waals surface area contributed by atoms with Crippen molar-refractivity contribution in [2.45, 2.75) is 72.6 Å². The number of hydrogen-bond acceptors (Lipinski definition) is 7. The van der Waals surface area contributed by atoms with Crippen LogP contribution in [0.5, 0.6) is 0 Å². The lowest BCUT2D eigenvalue weighted by Gasteiger charge is -2.31. The van der Waals surface area contributed by atoms with Crippen molar-refractivity contribution < 1.29 is 18.7 Å². The van der Waals surface area contributed by atoms with Crippen LogP contribution in [0.1, 0.15) is 69.9 Å². The number of pyridine rings is 1. The number of ether oxygens (including phenoxy) is 1. The average Bonchev–Trinajstić information content (AvgIpc) is 2.68. The molecule has 2 amide bonds. The number of fused-ring (bicyclic) bond motifs is 1. The normalized spacial score (nSPS) is 15.7. The minimum absolute atomic E-state index is 0.176. The van der Waals surface area contributed by atoms with Crippen LogP contribution in [0.2, 0.25) is 0 Å². The molecule has 32 heavy (non-hydrogen) atoms. The Bertz CT molecular complexity index is 916. The van der Waals surface area contributed by atoms with E-state index in [0.717, 1.165) is 6.42 Å². The monoisotopic (exact) mass is 450 g/mol. The largest absolute Gasteiger partial charge is 0.444 e. The first-order valence-electron chi connectivity index (χ1n) is 10.7. The van der Waals surface area contributed by atoms with Gasteiger partial charge in [-0.25, -0.2) is 24.1 Å². The van der Waals surface area contributed by atoms with Gasteiger partial charge < -0.3 is 21.1 Å². The fourth-order valence-corrected chi connectivity index (χ4v) is 2.79. The van der Waals surface area contributed by atoms with Crippen LogP contribution in [0, 0.1) is 6.92 Å². The Morgan fingerprint density at radius 2 is 1.88 bits per heavy atom. The molecule has 2 aromatic heterocycles. The van der Waals surface area contributed by atoms with Crippen molar-refractivity contribution in [2.75, 3.05) is 18.8 Å². The predicted octanol–water partition coefficient (Wildman–Crippen LogP) is 3.79. The maximum Gasteiger partial charge on any atom is 0.410 e. The number of carbonyl (C=O) groups is 2. The number of hydrogen-bond donors (Lipinski definition) is 2. The molecule has 3 heterocycles. The number of rotatable bonds is 1. The highest BCUT2D eigenvalue weighted by Gasteiger charge is 2.27. The molecule has 1 unspecified atom stereocenters. The second kappa shape index (κ2) is 12.1. The molecule has 2 aromatic rings. The van der Waals surface area contributed by atoms with Gasteiger partial charge >= 0.3 is 6.09 Å². The van der Waals surface area contributed by atoms with Gasteiger partial charge in [0.25, 0.3) is 5.91 Å². The number of anilines is 1. The zero-order chi connectivity index (χ0) is 24.5. The number of nitrogen functional groups attached to an aromatic ring is 1. The SMILES string of the molecule is CC(C)(C)OC(=O)N1CCCC(F)C1.CCC.Cc1cc(C(N)=O)c2ncnc(N)c2n1. The van der Waals surface area contributed by atoms with Crippen molar-refractivity contribution in [3.05, 3.63) is 23.7 Å². The Kier molecular flexibility index (Phi) is 10.2. The molecule has 0 spiro atoms. The van der Waals surface area contributed by atoms with Crippen molar-refractivity contribution in [3.8, 4) is 0 Å². The average molecular weight is 451 g/mol. The Labute approximate surface area is 188 Å². The third-order valence-electron chi connectivity index (χ3n) is 4.03. The summed E-state index contributed by atoms with van der Waals surface area (Å²) in [7, 11) is 0. The second-order valence-corrected chi connectivity index (χ2v) is 8.50. The molecule has 9 nitrogen and oxygen atoms in total. The zero-order valence-corrected chi connectivity index (χ0v) is 19.8. The third kappa shape index (κ3) is 8.60. The summed E-state index contributed by atoms with van der Waals surface area (Å²) in [5, 5.41) is 0. The molecule has 0 aliphatic carbocycles. The summed E-state index contributed by atoms with van der Waals surface area (Å²) in [6.07, 6.45) is 2.51. The summed E-state index contributed by atoms with van der Waals surface area (Å²) in [6, 6.07) is 1.58. The second-order valence-electron chi connectivity index (χ2n) is 8.50. The van der Waals surface area contributed by atoms with Crippen molar-refractivity contribution in [3.63, 3.8) is 0 Å². The van der Waals surface area contributed by atoms with Gasteiger partial charge in [-0.05, 0) is 46.6 Å². The van der Waals surface area contributed by atoms with E-state index in [-0.39, 0.29) is 12.4 Å². The number of nitrogens with two attached hydrogens (primary N) is 2. The highest BCUT2D eigenvalue weighted by molar-refractivity contribution is 6.05. The summed E-state index contributed by atoms with van der Waals surface area (Å²) < 4.78 is 18.1. The van der Waals surface area contributed by atoms with E-state index in [0.29, 0.717) is 35.3 Å². The molecule has 1 atom stereocenters. The van der Waals surface area contributed by atoms with Crippen LogP contribution in [0.3, 0.4) is 0 Å². The molecule has 1 aliphatic rings. The molecule has 10 heteroatoms. The number of nitrogens with zero attached hydrogens (tertiary/aromatic N) is 4. The Morgan fingerprint density at radius 3 is 2.41 bits per heavy atom. The zero-order valence-electron chi connectivity index (χ0n) is 19.8. The number of carbonyl (C=O) groups excluding carboxylic acids is 2. The molecule has 3 rings (SSSR count). The molecule has 0 saturated carbocycles. The maximum atomic E-state index is 13.0. The molecule has 0 bridgehead atoms. The van der Waals surface area contributed by atoms with Gasteiger partial charge in [-0.3, -0.25) is 4.79 Å². The first kappa shape index (κ1) is 27.0. The summed E-state index contributed by atoms with van der Waals surface area (Å²) >= 11 is 0. The number of amides is 2. The first-order valence-corrected chi connectivity index (χ1v) is 10.7. The van der Waals surface area contributed by atoms with Gasteiger partial charge in [-0.15, -0.1) is 0 Å². The number of halogens is 1. The van der Waals surface area contributed by atoms with Gasteiger partial charge in [0.15, 0.2) is 5.82 Å². The molecule has 1 fully saturated rings. The van der Waals surface area contributed by atoms with Gasteiger partial charge in [-0.2, -0.15) is 0 Å². The Balaban J connectivity index is 0.000000286. The van der Waals surface area contributed by atoms with E-state index in [1.54, 1.807) is 13.0 Å². The van der Waals surface area contributed by atoms with Gasteiger partial charge in [-0.1, -0.05) is 20.3 Å². The third-order valence-corrected chi connectivity index (χ3v) is 4.03. The van der Waals surface area contributed by atoms with Crippen molar-refractivity contribution in [2.24, 2.45) is 5.73 Å². The highest BCUT2D eigenvalue weighted by atomic mass is 19.1. The standard InChI is InChI=1S/C10H18FNO2.C9H9N5O.C3H8/c1-10(2,3)14-9(13)12-6-4-5-8(11)7-12;1-4-2-5(9(11)15)6-7(14-4)8(10)13-3-12-6;1-3-2/h8H,4-7H2,1-3H3;2-3H,1H3,(H2,11,15)(H2,10,12,13);3H2,1-2H3. The lowest BCUT2D eigenvalue weighted by Crippen LogP contribution is -2.43. The van der Waals surface area contributed by atoms with Crippen molar-refractivity contribution in [1.82, 2.24) is 19.9 Å². The van der Waals surface area contributed by atoms with Crippen LogP contribution in [-0.2, 0) is 4.74 Å². The molecular weight excluding hydrogens is 415 g/mol. The van der Waals surface area contributed by atoms with E-state index in [4.69, 9.17) is 16.2 Å². The minimum atomic E-state index is -0.892. The molecule has 1 aliphatic heterocycles. The van der Waals surface area contributed by atoms with Crippen LogP contribution < -0.4 is 11.5 Å². The molecular formula is C22H35FN6O3. The van der Waals surface area contributed by atoms with E-state index in [2.05, 4.69) is 28.8 Å². The van der Waals surface area contributed by atoms with Gasteiger partial charge in [0.2, 0.25) is 0 Å². The molecule has 0 radical (unpaired) electrons. The number of aryl methyl sites for hydroxylation is 1. The topological polar surface area (TPSA) is 137 Å². The first-order chi connectivity index (χ1) is 14.9. The van der Waals surface area contributed by atoms with Crippen molar-refractivity contribution in [1.29, 1.82) is 0 Å². The van der Waals surface area contributed by atoms with E-state index in [1.807, 2.05) is 20.8 Å². The highest BCUT2D eigenvalue weighted by Crippen LogP contribution is 2.19. The summed E-state index contributed by atoms with van der Waals surface area (Å²) in [4.78, 5) is 36.0. The minimum Gasteiger partial charge on any atom is -0.444 e. The smallest absolute Gasteiger partial charge is 0.410 e. The molecule has 178 valence electrons. The van der Waals surface area contributed by atoms with Crippen LogP contribution in [0.15, 0.2) is 12.4 Å². The quantitative estimate of drug-likeness (QED) is 0.674. The fourth-order valence-electron chi connectivity index (χ4n) is 2.79. The Morgan fingerprint density at radius 1 is 1.25 bits per heavy atom. The van der Waals surface area contributed by atoms with Crippen LogP contribution in [-0.4, -0.2) is 56.7 Å². The lowest BCUT2D eigenvalue weighted by atomic mass is 10.1. The fraction of sp³-hybridized carbons (Fsp3) is 0.591. The maximum absolute atomic E-state index is 13.0. The summed E-state index contributed by atoms with van der Waals surface area (Å²) in [5.41, 5.74) is 12.1. The number of primary amides is 1. The van der Waals surface area contributed by atoms with Crippen molar-refractivity contribution >= 4 is 28.9 Å². The molecule has 4 N–H and O–H groups in total. The predicted molar refractivity (Wildman–Crippen MR) is 123 cm³/mol. The lowest BCUT2D eigenvalue weighted by molar-refractivity contribution is 0.0139. The van der Waals surface area contributed by atoms with Crippen LogP contribution >= 0.6 is 0 Å². The number of likely N-dealkylation sites (tertiary alicyclic amines) is 1. The number of aromatic nitrogens is 3. The van der Waals surface area contributed by atoms with Crippen LogP contribution in [0.25, 0.3) is 11.0 Å². The number of alkyl halides is 1. The molecule has 0 aromatic carbocycles. The number of piperidine rings is 1. The van der Waals surface area contributed by atoms with E-state index >= 15 is 0 Å².